The van der Waals surface area contributed by atoms with Crippen molar-refractivity contribution in [1.82, 2.24) is 9.88 Å². The Bertz CT molecular complexity index is 530. The minimum atomic E-state index is -0.0156. The van der Waals surface area contributed by atoms with E-state index < -0.39 is 0 Å². The predicted octanol–water partition coefficient (Wildman–Crippen LogP) is 1.84. The van der Waals surface area contributed by atoms with Gasteiger partial charge in [-0.05, 0) is 19.1 Å². The third-order valence-corrected chi connectivity index (χ3v) is 2.74. The second kappa shape index (κ2) is 3.89. The summed E-state index contributed by atoms with van der Waals surface area (Å²) in [4.78, 5) is 16.6. The lowest BCUT2D eigenvalue weighted by Gasteiger charge is -2.12. The Hall–Kier alpha value is -1.97. The summed E-state index contributed by atoms with van der Waals surface area (Å²) in [6, 6.07) is 7.46. The number of carbonyl (C=O) groups is 1. The van der Waals surface area contributed by atoms with E-state index in [0.717, 1.165) is 10.9 Å². The molecular formula is C12H15N3O. The van der Waals surface area contributed by atoms with Crippen LogP contribution in [0.3, 0.4) is 0 Å². The quantitative estimate of drug-likeness (QED) is 0.754. The van der Waals surface area contributed by atoms with Crippen molar-refractivity contribution >= 4 is 22.5 Å². The van der Waals surface area contributed by atoms with Crippen LogP contribution >= 0.6 is 0 Å². The molecule has 16 heavy (non-hydrogen) atoms. The molecule has 1 aromatic heterocycles. The van der Waals surface area contributed by atoms with Crippen molar-refractivity contribution in [2.45, 2.75) is 6.92 Å². The zero-order chi connectivity index (χ0) is 11.7. The van der Waals surface area contributed by atoms with E-state index in [2.05, 4.69) is 4.98 Å². The fourth-order valence-corrected chi connectivity index (χ4v) is 1.64. The van der Waals surface area contributed by atoms with Crippen LogP contribution in [0.25, 0.3) is 10.9 Å². The average molecular weight is 217 g/mol. The van der Waals surface area contributed by atoms with Gasteiger partial charge in [-0.15, -0.1) is 0 Å². The van der Waals surface area contributed by atoms with E-state index >= 15 is 0 Å². The summed E-state index contributed by atoms with van der Waals surface area (Å²) >= 11 is 0. The second-order valence-electron chi connectivity index (χ2n) is 3.81. The molecule has 4 heteroatoms. The average Bonchev–Trinajstić information content (AvgIpc) is 2.72. The summed E-state index contributed by atoms with van der Waals surface area (Å²) in [6.45, 7) is 2.62. The summed E-state index contributed by atoms with van der Waals surface area (Å²) in [5.74, 6) is -0.0156. The van der Waals surface area contributed by atoms with Crippen LogP contribution in [-0.4, -0.2) is 29.4 Å². The zero-order valence-electron chi connectivity index (χ0n) is 9.45. The maximum absolute atomic E-state index is 11.9. The van der Waals surface area contributed by atoms with Gasteiger partial charge >= 0.3 is 0 Å². The summed E-state index contributed by atoms with van der Waals surface area (Å²) in [5, 5.41) is 0.966. The molecule has 0 fully saturated rings. The normalized spacial score (nSPS) is 10.6. The van der Waals surface area contributed by atoms with Gasteiger partial charge in [0.25, 0.3) is 5.91 Å². The number of nitrogen functional groups attached to an aromatic ring is 1. The Labute approximate surface area is 94.0 Å². The Morgan fingerprint density at radius 2 is 2.25 bits per heavy atom. The van der Waals surface area contributed by atoms with Gasteiger partial charge in [-0.1, -0.05) is 12.1 Å². The SMILES string of the molecule is CCN(C)C(=O)c1cc2cccc(N)c2[nH]1. The van der Waals surface area contributed by atoms with Crippen LogP contribution < -0.4 is 5.73 Å². The minimum absolute atomic E-state index is 0.0156. The van der Waals surface area contributed by atoms with Gasteiger partial charge in [-0.3, -0.25) is 4.79 Å². The summed E-state index contributed by atoms with van der Waals surface area (Å²) < 4.78 is 0. The minimum Gasteiger partial charge on any atom is -0.397 e. The predicted molar refractivity (Wildman–Crippen MR) is 65.3 cm³/mol. The number of hydrogen-bond donors (Lipinski definition) is 2. The van der Waals surface area contributed by atoms with Crippen molar-refractivity contribution < 1.29 is 4.79 Å². The third-order valence-electron chi connectivity index (χ3n) is 2.74. The van der Waals surface area contributed by atoms with Crippen LogP contribution in [0.2, 0.25) is 0 Å². The summed E-state index contributed by atoms with van der Waals surface area (Å²) in [7, 11) is 1.77. The number of carbonyl (C=O) groups excluding carboxylic acids is 1. The van der Waals surface area contributed by atoms with Crippen LogP contribution in [0, 0.1) is 0 Å². The maximum atomic E-state index is 11.9. The number of nitrogens with one attached hydrogen (secondary N) is 1. The highest BCUT2D eigenvalue weighted by Crippen LogP contribution is 2.21. The monoisotopic (exact) mass is 217 g/mol. The Balaban J connectivity index is 2.48. The first-order valence-corrected chi connectivity index (χ1v) is 5.26. The molecule has 0 unspecified atom stereocenters. The van der Waals surface area contributed by atoms with Crippen molar-refractivity contribution in [1.29, 1.82) is 0 Å². The number of rotatable bonds is 2. The van der Waals surface area contributed by atoms with E-state index in [9.17, 15) is 4.79 Å². The zero-order valence-corrected chi connectivity index (χ0v) is 9.45. The lowest BCUT2D eigenvalue weighted by molar-refractivity contribution is 0.0797. The molecule has 3 N–H and O–H groups in total. The highest BCUT2D eigenvalue weighted by atomic mass is 16.2. The number of anilines is 1. The number of para-hydroxylation sites is 1. The third kappa shape index (κ3) is 1.62. The van der Waals surface area contributed by atoms with Gasteiger partial charge in [0.15, 0.2) is 0 Å². The Kier molecular flexibility index (Phi) is 2.56. The van der Waals surface area contributed by atoms with Gasteiger partial charge < -0.3 is 15.6 Å². The number of aromatic amines is 1. The first kappa shape index (κ1) is 10.5. The summed E-state index contributed by atoms with van der Waals surface area (Å²) in [6.07, 6.45) is 0. The van der Waals surface area contributed by atoms with Crippen molar-refractivity contribution in [2.24, 2.45) is 0 Å². The molecule has 0 aliphatic rings. The number of nitrogens with two attached hydrogens (primary N) is 1. The Morgan fingerprint density at radius 1 is 1.50 bits per heavy atom. The van der Waals surface area contributed by atoms with E-state index in [1.54, 1.807) is 11.9 Å². The van der Waals surface area contributed by atoms with Gasteiger partial charge in [-0.2, -0.15) is 0 Å². The molecule has 0 bridgehead atoms. The molecule has 0 spiro atoms. The molecular weight excluding hydrogens is 202 g/mol. The van der Waals surface area contributed by atoms with Gasteiger partial charge in [0, 0.05) is 19.0 Å². The van der Waals surface area contributed by atoms with E-state index in [-0.39, 0.29) is 5.91 Å². The molecule has 4 nitrogen and oxygen atoms in total. The van der Waals surface area contributed by atoms with Gasteiger partial charge in [0.05, 0.1) is 11.2 Å². The lowest BCUT2D eigenvalue weighted by atomic mass is 10.2. The molecule has 0 aliphatic heterocycles. The largest absolute Gasteiger partial charge is 0.397 e. The van der Waals surface area contributed by atoms with Crippen LogP contribution in [0.15, 0.2) is 24.3 Å². The smallest absolute Gasteiger partial charge is 0.270 e. The number of H-pyrrole nitrogens is 1. The molecule has 0 saturated heterocycles. The van der Waals surface area contributed by atoms with Gasteiger partial charge in [-0.25, -0.2) is 0 Å². The molecule has 1 heterocycles. The van der Waals surface area contributed by atoms with Crippen molar-refractivity contribution in [2.75, 3.05) is 19.3 Å². The van der Waals surface area contributed by atoms with Crippen LogP contribution in [0.1, 0.15) is 17.4 Å². The molecule has 84 valence electrons. The van der Waals surface area contributed by atoms with Crippen molar-refractivity contribution in [3.63, 3.8) is 0 Å². The second-order valence-corrected chi connectivity index (χ2v) is 3.81. The summed E-state index contributed by atoms with van der Waals surface area (Å²) in [5.41, 5.74) is 7.89. The number of nitrogens with zero attached hydrogens (tertiary/aromatic N) is 1. The molecule has 1 aromatic carbocycles. The van der Waals surface area contributed by atoms with Crippen molar-refractivity contribution in [3.8, 4) is 0 Å². The number of amides is 1. The maximum Gasteiger partial charge on any atom is 0.270 e. The van der Waals surface area contributed by atoms with E-state index in [1.165, 1.54) is 0 Å². The molecule has 2 rings (SSSR count). The molecule has 0 atom stereocenters. The fraction of sp³-hybridized carbons (Fsp3) is 0.250. The molecule has 0 radical (unpaired) electrons. The fourth-order valence-electron chi connectivity index (χ4n) is 1.64. The highest BCUT2D eigenvalue weighted by Gasteiger charge is 2.13. The van der Waals surface area contributed by atoms with Crippen LogP contribution in [0.5, 0.6) is 0 Å². The van der Waals surface area contributed by atoms with E-state index in [1.807, 2.05) is 31.2 Å². The Morgan fingerprint density at radius 3 is 2.88 bits per heavy atom. The number of fused-ring (bicyclic) bond motifs is 1. The molecule has 2 aromatic rings. The lowest BCUT2D eigenvalue weighted by Crippen LogP contribution is -2.26. The molecule has 0 saturated carbocycles. The van der Waals surface area contributed by atoms with Gasteiger partial charge in [0.2, 0.25) is 0 Å². The standard InChI is InChI=1S/C12H15N3O/c1-3-15(2)12(16)10-7-8-5-4-6-9(13)11(8)14-10/h4-7,14H,3,13H2,1-2H3. The van der Waals surface area contributed by atoms with Crippen LogP contribution in [-0.2, 0) is 0 Å². The van der Waals surface area contributed by atoms with Gasteiger partial charge in [0.1, 0.15) is 5.69 Å². The van der Waals surface area contributed by atoms with Crippen LogP contribution in [0.4, 0.5) is 5.69 Å². The van der Waals surface area contributed by atoms with E-state index in [0.29, 0.717) is 17.9 Å². The van der Waals surface area contributed by atoms with E-state index in [4.69, 9.17) is 5.73 Å². The number of aromatic nitrogens is 1. The topological polar surface area (TPSA) is 62.1 Å². The number of hydrogen-bond acceptors (Lipinski definition) is 2. The highest BCUT2D eigenvalue weighted by molar-refractivity contribution is 6.00. The van der Waals surface area contributed by atoms with Crippen molar-refractivity contribution in [3.05, 3.63) is 30.0 Å². The molecule has 1 amide bonds. The number of benzene rings is 1. The molecule has 0 aliphatic carbocycles. The first-order chi connectivity index (χ1) is 7.63. The first-order valence-electron chi connectivity index (χ1n) is 5.26.